The van der Waals surface area contributed by atoms with Crippen LogP contribution < -0.4 is 10.2 Å². The van der Waals surface area contributed by atoms with Crippen LogP contribution in [0.15, 0.2) is 96.1 Å². The summed E-state index contributed by atoms with van der Waals surface area (Å²) in [7, 11) is 0. The highest BCUT2D eigenvalue weighted by Gasteiger charge is 2.03. The van der Waals surface area contributed by atoms with E-state index in [1.807, 2.05) is 42.5 Å². The van der Waals surface area contributed by atoms with Crippen molar-refractivity contribution in [1.82, 2.24) is 4.98 Å². The summed E-state index contributed by atoms with van der Waals surface area (Å²) in [4.78, 5) is 4.51. The number of nitrogens with zero attached hydrogens (tertiary/aromatic N) is 2. The van der Waals surface area contributed by atoms with Crippen molar-refractivity contribution in [1.29, 1.82) is 0 Å². The largest absolute Gasteiger partial charge is 0.489 e. The summed E-state index contributed by atoms with van der Waals surface area (Å²) in [5.74, 6) is 0.833. The van der Waals surface area contributed by atoms with Crippen molar-refractivity contribution in [3.05, 3.63) is 102 Å². The minimum absolute atomic E-state index is 0.536. The highest BCUT2D eigenvalue weighted by molar-refractivity contribution is 7.22. The van der Waals surface area contributed by atoms with Crippen molar-refractivity contribution in [2.24, 2.45) is 5.10 Å². The van der Waals surface area contributed by atoms with Crippen LogP contribution in [0.3, 0.4) is 0 Å². The molecular weight excluding hydrogens is 390 g/mol. The van der Waals surface area contributed by atoms with Gasteiger partial charge >= 0.3 is 0 Å². The van der Waals surface area contributed by atoms with Gasteiger partial charge in [0, 0.05) is 0 Å². The van der Waals surface area contributed by atoms with Gasteiger partial charge in [-0.15, -0.1) is 0 Å². The van der Waals surface area contributed by atoms with Gasteiger partial charge < -0.3 is 4.74 Å². The number of hydrazone groups is 1. The van der Waals surface area contributed by atoms with Crippen molar-refractivity contribution in [2.45, 2.75) is 6.61 Å². The maximum absolute atomic E-state index is 5.99. The maximum atomic E-state index is 5.99. The first-order valence-electron chi connectivity index (χ1n) is 9.69. The molecular formula is C25H19N3OS. The summed E-state index contributed by atoms with van der Waals surface area (Å²) in [6.45, 7) is 0.536. The highest BCUT2D eigenvalue weighted by Crippen LogP contribution is 2.25. The fraction of sp³-hybridized carbons (Fsp3) is 0.0400. The Balaban J connectivity index is 1.21. The molecule has 0 bridgehead atoms. The molecule has 1 aromatic heterocycles. The Bertz CT molecular complexity index is 1290. The third-order valence-electron chi connectivity index (χ3n) is 4.82. The van der Waals surface area contributed by atoms with E-state index < -0.39 is 0 Å². The van der Waals surface area contributed by atoms with Gasteiger partial charge in [-0.05, 0) is 58.3 Å². The second-order valence-corrected chi connectivity index (χ2v) is 7.88. The van der Waals surface area contributed by atoms with Crippen molar-refractivity contribution in [2.75, 3.05) is 5.43 Å². The van der Waals surface area contributed by atoms with Gasteiger partial charge in [0.25, 0.3) is 0 Å². The molecule has 0 aliphatic heterocycles. The van der Waals surface area contributed by atoms with E-state index in [1.165, 1.54) is 16.3 Å². The Morgan fingerprint density at radius 1 is 0.867 bits per heavy atom. The Labute approximate surface area is 178 Å². The van der Waals surface area contributed by atoms with E-state index in [4.69, 9.17) is 4.74 Å². The third-order valence-corrected chi connectivity index (χ3v) is 5.76. The Kier molecular flexibility index (Phi) is 5.10. The molecule has 0 aliphatic carbocycles. The number of anilines is 1. The van der Waals surface area contributed by atoms with Gasteiger partial charge in [0.2, 0.25) is 5.13 Å². The lowest BCUT2D eigenvalue weighted by atomic mass is 10.1. The summed E-state index contributed by atoms with van der Waals surface area (Å²) in [6.07, 6.45) is 1.78. The summed E-state index contributed by atoms with van der Waals surface area (Å²) in [5, 5.41) is 7.53. The minimum atomic E-state index is 0.536. The smallest absolute Gasteiger partial charge is 0.204 e. The molecule has 5 heteroatoms. The number of para-hydroxylation sites is 1. The van der Waals surface area contributed by atoms with Gasteiger partial charge in [0.1, 0.15) is 12.4 Å². The van der Waals surface area contributed by atoms with Gasteiger partial charge in [0.05, 0.1) is 16.4 Å². The van der Waals surface area contributed by atoms with E-state index in [1.54, 1.807) is 17.6 Å². The standard InChI is InChI=1S/C25H19N3OS/c1-2-9-22-19(6-1)7-5-8-20(22)17-29-21-14-12-18(13-15-21)16-26-28-25-27-23-10-3-4-11-24(23)30-25/h1-16H,17H2,(H,27,28). The molecule has 0 saturated heterocycles. The predicted octanol–water partition coefficient (Wildman–Crippen LogP) is 6.47. The van der Waals surface area contributed by atoms with Crippen LogP contribution >= 0.6 is 11.3 Å². The minimum Gasteiger partial charge on any atom is -0.489 e. The molecule has 0 radical (unpaired) electrons. The molecule has 0 amide bonds. The molecule has 1 heterocycles. The molecule has 0 atom stereocenters. The van der Waals surface area contributed by atoms with Crippen LogP contribution in [0.1, 0.15) is 11.1 Å². The van der Waals surface area contributed by atoms with Crippen LogP contribution in [0, 0.1) is 0 Å². The predicted molar refractivity (Wildman–Crippen MR) is 126 cm³/mol. The van der Waals surface area contributed by atoms with Crippen molar-refractivity contribution in [3.63, 3.8) is 0 Å². The molecule has 5 aromatic rings. The fourth-order valence-electron chi connectivity index (χ4n) is 3.31. The number of fused-ring (bicyclic) bond motifs is 2. The quantitative estimate of drug-likeness (QED) is 0.258. The number of aromatic nitrogens is 1. The summed E-state index contributed by atoms with van der Waals surface area (Å²) in [5.41, 5.74) is 6.15. The van der Waals surface area contributed by atoms with E-state index in [2.05, 4.69) is 64.0 Å². The SMILES string of the molecule is C(=NNc1nc2ccccc2s1)c1ccc(OCc2cccc3ccccc23)cc1. The summed E-state index contributed by atoms with van der Waals surface area (Å²) >= 11 is 1.58. The molecule has 0 saturated carbocycles. The normalized spacial score (nSPS) is 11.3. The van der Waals surface area contributed by atoms with Gasteiger partial charge in [-0.3, -0.25) is 5.43 Å². The molecule has 146 valence electrons. The lowest BCUT2D eigenvalue weighted by molar-refractivity contribution is 0.307. The van der Waals surface area contributed by atoms with Crippen molar-refractivity contribution >= 4 is 43.7 Å². The summed E-state index contributed by atoms with van der Waals surface area (Å²) < 4.78 is 7.14. The molecule has 0 spiro atoms. The van der Waals surface area contributed by atoms with Crippen LogP contribution in [-0.4, -0.2) is 11.2 Å². The van der Waals surface area contributed by atoms with E-state index in [0.717, 1.165) is 26.7 Å². The fourth-order valence-corrected chi connectivity index (χ4v) is 4.13. The average Bonchev–Trinajstić information content (AvgIpc) is 3.21. The molecule has 4 nitrogen and oxygen atoms in total. The Hall–Kier alpha value is -3.70. The van der Waals surface area contributed by atoms with Crippen LogP contribution in [0.25, 0.3) is 21.0 Å². The number of thiazole rings is 1. The van der Waals surface area contributed by atoms with E-state index in [-0.39, 0.29) is 0 Å². The molecule has 0 fully saturated rings. The van der Waals surface area contributed by atoms with Gasteiger partial charge in [-0.25, -0.2) is 4.98 Å². The monoisotopic (exact) mass is 409 g/mol. The molecule has 5 rings (SSSR count). The first-order valence-corrected chi connectivity index (χ1v) is 10.5. The molecule has 0 aliphatic rings. The molecule has 0 unspecified atom stereocenters. The number of hydrogen-bond donors (Lipinski definition) is 1. The van der Waals surface area contributed by atoms with E-state index in [9.17, 15) is 0 Å². The first kappa shape index (κ1) is 18.3. The highest BCUT2D eigenvalue weighted by atomic mass is 32.1. The van der Waals surface area contributed by atoms with Gasteiger partial charge in [-0.1, -0.05) is 65.9 Å². The number of rotatable bonds is 6. The number of ether oxygens (including phenoxy) is 1. The zero-order chi connectivity index (χ0) is 20.2. The second kappa shape index (κ2) is 8.35. The van der Waals surface area contributed by atoms with E-state index in [0.29, 0.717) is 6.61 Å². The average molecular weight is 410 g/mol. The van der Waals surface area contributed by atoms with E-state index >= 15 is 0 Å². The zero-order valence-corrected chi connectivity index (χ0v) is 17.0. The van der Waals surface area contributed by atoms with Gasteiger partial charge in [-0.2, -0.15) is 5.10 Å². The zero-order valence-electron chi connectivity index (χ0n) is 16.2. The molecule has 30 heavy (non-hydrogen) atoms. The lowest BCUT2D eigenvalue weighted by Gasteiger charge is -2.09. The number of benzene rings is 4. The molecule has 1 N–H and O–H groups in total. The van der Waals surface area contributed by atoms with Crippen molar-refractivity contribution < 1.29 is 4.74 Å². The number of nitrogens with one attached hydrogen (secondary N) is 1. The Morgan fingerprint density at radius 3 is 2.57 bits per heavy atom. The first-order chi connectivity index (χ1) is 14.8. The Morgan fingerprint density at radius 2 is 1.67 bits per heavy atom. The topological polar surface area (TPSA) is 46.5 Å². The maximum Gasteiger partial charge on any atom is 0.204 e. The van der Waals surface area contributed by atoms with Crippen molar-refractivity contribution in [3.8, 4) is 5.75 Å². The lowest BCUT2D eigenvalue weighted by Crippen LogP contribution is -1.96. The second-order valence-electron chi connectivity index (χ2n) is 6.85. The molecule has 4 aromatic carbocycles. The summed E-state index contributed by atoms with van der Waals surface area (Å²) in [6, 6.07) is 30.6. The van der Waals surface area contributed by atoms with Gasteiger partial charge in [0.15, 0.2) is 0 Å². The van der Waals surface area contributed by atoms with Crippen LogP contribution in [0.5, 0.6) is 5.75 Å². The third kappa shape index (κ3) is 4.02. The van der Waals surface area contributed by atoms with Crippen LogP contribution in [0.2, 0.25) is 0 Å². The van der Waals surface area contributed by atoms with Crippen LogP contribution in [0.4, 0.5) is 5.13 Å². The van der Waals surface area contributed by atoms with Crippen LogP contribution in [-0.2, 0) is 6.61 Å². The number of hydrogen-bond acceptors (Lipinski definition) is 5.